The van der Waals surface area contributed by atoms with Crippen LogP contribution in [0.1, 0.15) is 20.8 Å². The zero-order valence-corrected chi connectivity index (χ0v) is 7.74. The van der Waals surface area contributed by atoms with Gasteiger partial charge in [-0.15, -0.1) is 0 Å². The lowest BCUT2D eigenvalue weighted by Gasteiger charge is -2.00. The summed E-state index contributed by atoms with van der Waals surface area (Å²) in [5, 5.41) is 0. The van der Waals surface area contributed by atoms with E-state index in [1.807, 2.05) is 13.8 Å². The van der Waals surface area contributed by atoms with Crippen LogP contribution in [0.3, 0.4) is 0 Å². The fraction of sp³-hybridized carbons (Fsp3) is 0.857. The maximum atomic E-state index is 5.59. The highest BCUT2D eigenvalue weighted by molar-refractivity contribution is 7.99. The lowest BCUT2D eigenvalue weighted by molar-refractivity contribution is 0.833. The van der Waals surface area contributed by atoms with E-state index in [1.54, 1.807) is 11.8 Å². The number of nitrogens with zero attached hydrogens (tertiary/aromatic N) is 1. The van der Waals surface area contributed by atoms with Crippen LogP contribution in [0.4, 0.5) is 0 Å². The van der Waals surface area contributed by atoms with E-state index in [4.69, 9.17) is 5.73 Å². The number of aliphatic imine (C=N–C) groups is 1. The Hall–Kier alpha value is -0.180. The van der Waals surface area contributed by atoms with Gasteiger partial charge < -0.3 is 5.73 Å². The summed E-state index contributed by atoms with van der Waals surface area (Å²) < 4.78 is 0. The molecule has 0 saturated heterocycles. The van der Waals surface area contributed by atoms with E-state index < -0.39 is 0 Å². The third kappa shape index (κ3) is 5.95. The van der Waals surface area contributed by atoms with Gasteiger partial charge in [0.25, 0.3) is 0 Å². The molecule has 0 fully saturated rings. The zero-order valence-electron chi connectivity index (χ0n) is 6.92. The molecule has 0 atom stereocenters. The van der Waals surface area contributed by atoms with Crippen LogP contribution < -0.4 is 5.73 Å². The van der Waals surface area contributed by atoms with Crippen LogP contribution in [0.5, 0.6) is 0 Å². The molecule has 60 valence electrons. The Bertz CT molecular complexity index is 110. The molecule has 0 aromatic heterocycles. The molecular weight excluding hydrogens is 144 g/mol. The van der Waals surface area contributed by atoms with Crippen LogP contribution in [0.2, 0.25) is 0 Å². The minimum Gasteiger partial charge on any atom is -0.387 e. The number of amidine groups is 1. The third-order valence-electron chi connectivity index (χ3n) is 0.878. The van der Waals surface area contributed by atoms with Gasteiger partial charge in [-0.25, -0.2) is 0 Å². The van der Waals surface area contributed by atoms with Gasteiger partial charge in [0.1, 0.15) is 5.84 Å². The van der Waals surface area contributed by atoms with Crippen molar-refractivity contribution in [1.82, 2.24) is 0 Å². The number of nitrogens with two attached hydrogens (primary N) is 1. The minimum atomic E-state index is 0.331. The van der Waals surface area contributed by atoms with Crippen LogP contribution in [0, 0.1) is 0 Å². The van der Waals surface area contributed by atoms with Crippen LogP contribution in [-0.4, -0.2) is 23.4 Å². The third-order valence-corrected chi connectivity index (χ3v) is 1.79. The predicted molar refractivity (Wildman–Crippen MR) is 49.8 cm³/mol. The first-order chi connectivity index (χ1) is 4.66. The van der Waals surface area contributed by atoms with Gasteiger partial charge in [0.05, 0.1) is 5.75 Å². The van der Waals surface area contributed by atoms with Gasteiger partial charge in [-0.2, -0.15) is 11.8 Å². The fourth-order valence-electron chi connectivity index (χ4n) is 0.576. The molecule has 0 saturated carbocycles. The van der Waals surface area contributed by atoms with Gasteiger partial charge in [0.15, 0.2) is 0 Å². The molecule has 0 aliphatic rings. The summed E-state index contributed by atoms with van der Waals surface area (Å²) >= 11 is 1.80. The fourth-order valence-corrected chi connectivity index (χ4v) is 1.06. The number of rotatable bonds is 4. The lowest BCUT2D eigenvalue weighted by atomic mass is 10.4. The summed E-state index contributed by atoms with van der Waals surface area (Å²) in [7, 11) is 0. The van der Waals surface area contributed by atoms with Gasteiger partial charge in [-0.05, 0) is 19.6 Å². The molecule has 10 heavy (non-hydrogen) atoms. The average molecular weight is 160 g/mol. The maximum Gasteiger partial charge on any atom is 0.104 e. The standard InChI is InChI=1S/C7H16N2S/c1-4-10-5-7(8)9-6(2)3/h6H,4-5H2,1-3H3,(H2,8,9). The average Bonchev–Trinajstić information content (AvgIpc) is 1.82. The van der Waals surface area contributed by atoms with Crippen molar-refractivity contribution in [3.05, 3.63) is 0 Å². The molecule has 0 rings (SSSR count). The summed E-state index contributed by atoms with van der Waals surface area (Å²) in [6, 6.07) is 0.331. The lowest BCUT2D eigenvalue weighted by Crippen LogP contribution is -2.16. The first kappa shape index (κ1) is 9.82. The van der Waals surface area contributed by atoms with Crippen molar-refractivity contribution in [2.45, 2.75) is 26.8 Å². The molecule has 0 aromatic rings. The molecule has 0 amide bonds. The molecule has 0 aliphatic heterocycles. The summed E-state index contributed by atoms with van der Waals surface area (Å²) in [5.41, 5.74) is 5.59. The van der Waals surface area contributed by atoms with Gasteiger partial charge in [0.2, 0.25) is 0 Å². The van der Waals surface area contributed by atoms with Gasteiger partial charge >= 0.3 is 0 Å². The summed E-state index contributed by atoms with van der Waals surface area (Å²) in [6.45, 7) is 6.18. The molecule has 2 N–H and O–H groups in total. The summed E-state index contributed by atoms with van der Waals surface area (Å²) in [6.07, 6.45) is 0. The van der Waals surface area contributed by atoms with E-state index in [1.165, 1.54) is 0 Å². The van der Waals surface area contributed by atoms with Crippen molar-refractivity contribution in [2.24, 2.45) is 10.7 Å². The van der Waals surface area contributed by atoms with Gasteiger partial charge in [-0.3, -0.25) is 4.99 Å². The minimum absolute atomic E-state index is 0.331. The van der Waals surface area contributed by atoms with Gasteiger partial charge in [0, 0.05) is 6.04 Å². The normalized spacial score (nSPS) is 12.6. The second-order valence-corrected chi connectivity index (χ2v) is 3.63. The monoisotopic (exact) mass is 160 g/mol. The van der Waals surface area contributed by atoms with E-state index in [0.717, 1.165) is 17.3 Å². The van der Waals surface area contributed by atoms with E-state index in [9.17, 15) is 0 Å². The second-order valence-electron chi connectivity index (χ2n) is 2.35. The first-order valence-corrected chi connectivity index (χ1v) is 4.72. The molecule has 0 bridgehead atoms. The van der Waals surface area contributed by atoms with Crippen LogP contribution in [0.15, 0.2) is 4.99 Å². The molecule has 0 unspecified atom stereocenters. The molecule has 0 radical (unpaired) electrons. The smallest absolute Gasteiger partial charge is 0.104 e. The van der Waals surface area contributed by atoms with Crippen molar-refractivity contribution >= 4 is 17.6 Å². The highest BCUT2D eigenvalue weighted by Gasteiger charge is 1.92. The number of hydrogen-bond acceptors (Lipinski definition) is 2. The van der Waals surface area contributed by atoms with E-state index in [0.29, 0.717) is 6.04 Å². The highest BCUT2D eigenvalue weighted by Crippen LogP contribution is 1.97. The number of thioether (sulfide) groups is 1. The Morgan fingerprint density at radius 1 is 1.60 bits per heavy atom. The van der Waals surface area contributed by atoms with Crippen LogP contribution >= 0.6 is 11.8 Å². The van der Waals surface area contributed by atoms with E-state index >= 15 is 0 Å². The Kier molecular flexibility index (Phi) is 5.49. The van der Waals surface area contributed by atoms with Crippen LogP contribution in [0.25, 0.3) is 0 Å². The predicted octanol–water partition coefficient (Wildman–Crippen LogP) is 1.51. The Balaban J connectivity index is 3.49. The first-order valence-electron chi connectivity index (χ1n) is 3.56. The van der Waals surface area contributed by atoms with Crippen molar-refractivity contribution in [2.75, 3.05) is 11.5 Å². The molecule has 3 heteroatoms. The van der Waals surface area contributed by atoms with Crippen molar-refractivity contribution in [1.29, 1.82) is 0 Å². The van der Waals surface area contributed by atoms with Crippen molar-refractivity contribution < 1.29 is 0 Å². The quantitative estimate of drug-likeness (QED) is 0.500. The Labute approximate surface area is 67.3 Å². The maximum absolute atomic E-state index is 5.59. The molecule has 0 spiro atoms. The van der Waals surface area contributed by atoms with Crippen molar-refractivity contribution in [3.63, 3.8) is 0 Å². The van der Waals surface area contributed by atoms with E-state index in [2.05, 4.69) is 11.9 Å². The molecule has 0 heterocycles. The molecule has 2 nitrogen and oxygen atoms in total. The molecule has 0 aliphatic carbocycles. The molecule has 0 aromatic carbocycles. The largest absolute Gasteiger partial charge is 0.387 e. The van der Waals surface area contributed by atoms with E-state index in [-0.39, 0.29) is 0 Å². The molecular formula is C7H16N2S. The second kappa shape index (κ2) is 5.59. The van der Waals surface area contributed by atoms with Crippen LogP contribution in [-0.2, 0) is 0 Å². The highest BCUT2D eigenvalue weighted by atomic mass is 32.2. The summed E-state index contributed by atoms with van der Waals surface area (Å²) in [4.78, 5) is 4.19. The Morgan fingerprint density at radius 2 is 2.20 bits per heavy atom. The summed E-state index contributed by atoms with van der Waals surface area (Å²) in [5.74, 6) is 2.74. The topological polar surface area (TPSA) is 38.4 Å². The van der Waals surface area contributed by atoms with Crippen molar-refractivity contribution in [3.8, 4) is 0 Å². The van der Waals surface area contributed by atoms with Gasteiger partial charge in [-0.1, -0.05) is 6.92 Å². The SMILES string of the molecule is CCSCC(N)=NC(C)C. The number of hydrogen-bond donors (Lipinski definition) is 1. The zero-order chi connectivity index (χ0) is 7.98. The Morgan fingerprint density at radius 3 is 2.60 bits per heavy atom.